The largest absolute Gasteiger partial charge is 0.481 e. The Morgan fingerprint density at radius 2 is 2.10 bits per heavy atom. The molecule has 1 unspecified atom stereocenters. The van der Waals surface area contributed by atoms with Crippen LogP contribution in [0.5, 0.6) is 5.88 Å². The van der Waals surface area contributed by atoms with Gasteiger partial charge in [-0.05, 0) is 0 Å². The van der Waals surface area contributed by atoms with Gasteiger partial charge in [0.1, 0.15) is 6.61 Å². The van der Waals surface area contributed by atoms with Crippen molar-refractivity contribution in [3.63, 3.8) is 0 Å². The first kappa shape index (κ1) is 15.8. The Hall–Kier alpha value is -2.23. The number of alkyl halides is 3. The second-order valence-electron chi connectivity index (χ2n) is 3.68. The lowest BCUT2D eigenvalue weighted by atomic mass is 10.1. The zero-order valence-corrected chi connectivity index (χ0v) is 9.92. The molecule has 0 saturated heterocycles. The van der Waals surface area contributed by atoms with Gasteiger partial charge in [0.15, 0.2) is 5.78 Å². The Bertz CT molecular complexity index is 507. The standard InChI is InChI=1S/C10H10F3N3O4/c11-10(12,13)9-15-2-1-7(16-9)20-4-6(17)5(14)3-8(18)19/h1-2,5H,3-4,14H2,(H,18,19). The van der Waals surface area contributed by atoms with E-state index in [9.17, 15) is 22.8 Å². The number of hydrogen-bond acceptors (Lipinski definition) is 6. The van der Waals surface area contributed by atoms with Gasteiger partial charge in [-0.25, -0.2) is 4.98 Å². The molecule has 1 aromatic rings. The van der Waals surface area contributed by atoms with E-state index in [1.807, 2.05) is 0 Å². The van der Waals surface area contributed by atoms with Crippen LogP contribution in [0, 0.1) is 0 Å². The minimum Gasteiger partial charge on any atom is -0.481 e. The van der Waals surface area contributed by atoms with Gasteiger partial charge in [0.25, 0.3) is 0 Å². The fraction of sp³-hybridized carbons (Fsp3) is 0.400. The molecule has 0 aliphatic carbocycles. The highest BCUT2D eigenvalue weighted by Gasteiger charge is 2.34. The van der Waals surface area contributed by atoms with E-state index >= 15 is 0 Å². The van der Waals surface area contributed by atoms with Crippen molar-refractivity contribution in [1.29, 1.82) is 0 Å². The molecule has 0 fully saturated rings. The zero-order valence-electron chi connectivity index (χ0n) is 9.92. The monoisotopic (exact) mass is 293 g/mol. The molecule has 1 heterocycles. The van der Waals surface area contributed by atoms with Gasteiger partial charge in [0.2, 0.25) is 11.7 Å². The van der Waals surface area contributed by atoms with Crippen LogP contribution in [0.4, 0.5) is 13.2 Å². The summed E-state index contributed by atoms with van der Waals surface area (Å²) in [7, 11) is 0. The molecule has 0 aromatic carbocycles. The van der Waals surface area contributed by atoms with Crippen molar-refractivity contribution in [2.75, 3.05) is 6.61 Å². The van der Waals surface area contributed by atoms with Crippen LogP contribution < -0.4 is 10.5 Å². The molecule has 10 heteroatoms. The Morgan fingerprint density at radius 3 is 2.65 bits per heavy atom. The van der Waals surface area contributed by atoms with Crippen molar-refractivity contribution in [3.05, 3.63) is 18.1 Å². The Labute approximate surface area is 110 Å². The van der Waals surface area contributed by atoms with Crippen molar-refractivity contribution >= 4 is 11.8 Å². The second-order valence-corrected chi connectivity index (χ2v) is 3.68. The number of carbonyl (C=O) groups excluding carboxylic acids is 1. The Morgan fingerprint density at radius 1 is 1.45 bits per heavy atom. The van der Waals surface area contributed by atoms with Crippen LogP contribution in [0.2, 0.25) is 0 Å². The van der Waals surface area contributed by atoms with Gasteiger partial charge in [-0.1, -0.05) is 0 Å². The van der Waals surface area contributed by atoms with E-state index in [1.165, 1.54) is 0 Å². The number of ether oxygens (including phenoxy) is 1. The minimum absolute atomic E-state index is 0.455. The average molecular weight is 293 g/mol. The third-order valence-corrected chi connectivity index (χ3v) is 2.05. The molecule has 1 aromatic heterocycles. The molecule has 0 radical (unpaired) electrons. The lowest BCUT2D eigenvalue weighted by molar-refractivity contribution is -0.145. The maximum Gasteiger partial charge on any atom is 0.451 e. The first-order valence-electron chi connectivity index (χ1n) is 5.23. The molecule has 20 heavy (non-hydrogen) atoms. The molecule has 1 atom stereocenters. The zero-order chi connectivity index (χ0) is 15.3. The smallest absolute Gasteiger partial charge is 0.451 e. The van der Waals surface area contributed by atoms with Crippen LogP contribution in [0.25, 0.3) is 0 Å². The first-order valence-corrected chi connectivity index (χ1v) is 5.23. The number of carboxylic acid groups (broad SMARTS) is 1. The molecule has 0 aliphatic rings. The summed E-state index contributed by atoms with van der Waals surface area (Å²) in [5.41, 5.74) is 5.26. The third kappa shape index (κ3) is 4.80. The number of Topliss-reactive ketones (excluding diaryl/α,β-unsaturated/α-hetero) is 1. The molecule has 3 N–H and O–H groups in total. The lowest BCUT2D eigenvalue weighted by Crippen LogP contribution is -2.36. The number of nitrogens with two attached hydrogens (primary N) is 1. The summed E-state index contributed by atoms with van der Waals surface area (Å²) in [4.78, 5) is 27.8. The summed E-state index contributed by atoms with van der Waals surface area (Å²) < 4.78 is 41.6. The Kier molecular flexibility index (Phi) is 4.97. The average Bonchev–Trinajstić information content (AvgIpc) is 2.34. The van der Waals surface area contributed by atoms with Crippen LogP contribution in [-0.4, -0.2) is 39.5 Å². The molecular formula is C10H10F3N3O4. The van der Waals surface area contributed by atoms with Crippen LogP contribution in [-0.2, 0) is 15.8 Å². The summed E-state index contributed by atoms with van der Waals surface area (Å²) in [6.45, 7) is -0.678. The molecule has 0 bridgehead atoms. The number of hydrogen-bond donors (Lipinski definition) is 2. The number of nitrogens with zero attached hydrogens (tertiary/aromatic N) is 2. The first-order chi connectivity index (χ1) is 9.20. The maximum atomic E-state index is 12.3. The number of aliphatic carboxylic acids is 1. The fourth-order valence-corrected chi connectivity index (χ4v) is 1.11. The van der Waals surface area contributed by atoms with E-state index in [4.69, 9.17) is 15.6 Å². The predicted molar refractivity (Wildman–Crippen MR) is 57.8 cm³/mol. The van der Waals surface area contributed by atoms with Gasteiger partial charge in [-0.15, -0.1) is 0 Å². The molecule has 1 rings (SSSR count). The number of aromatic nitrogens is 2. The summed E-state index contributed by atoms with van der Waals surface area (Å²) in [5, 5.41) is 8.43. The lowest BCUT2D eigenvalue weighted by Gasteiger charge is -2.10. The number of carbonyl (C=O) groups is 2. The second kappa shape index (κ2) is 6.28. The van der Waals surface area contributed by atoms with Crippen molar-refractivity contribution in [1.82, 2.24) is 9.97 Å². The normalized spacial score (nSPS) is 12.8. The molecule has 0 spiro atoms. The molecule has 7 nitrogen and oxygen atoms in total. The van der Waals surface area contributed by atoms with E-state index in [0.29, 0.717) is 0 Å². The van der Waals surface area contributed by atoms with E-state index in [0.717, 1.165) is 12.3 Å². The summed E-state index contributed by atoms with van der Waals surface area (Å²) >= 11 is 0. The number of carboxylic acids is 1. The van der Waals surface area contributed by atoms with Crippen LogP contribution >= 0.6 is 0 Å². The van der Waals surface area contributed by atoms with Gasteiger partial charge < -0.3 is 15.6 Å². The van der Waals surface area contributed by atoms with Gasteiger partial charge in [0.05, 0.1) is 12.5 Å². The summed E-state index contributed by atoms with van der Waals surface area (Å²) in [6, 6.07) is -0.262. The van der Waals surface area contributed by atoms with Gasteiger partial charge in [-0.2, -0.15) is 18.2 Å². The van der Waals surface area contributed by atoms with E-state index in [-0.39, 0.29) is 0 Å². The maximum absolute atomic E-state index is 12.3. The third-order valence-electron chi connectivity index (χ3n) is 2.05. The van der Waals surface area contributed by atoms with Crippen molar-refractivity contribution < 1.29 is 32.6 Å². The summed E-state index contributed by atoms with van der Waals surface area (Å²) in [6.07, 6.45) is -4.50. The fourth-order valence-electron chi connectivity index (χ4n) is 1.11. The topological polar surface area (TPSA) is 115 Å². The SMILES string of the molecule is NC(CC(=O)O)C(=O)COc1ccnc(C(F)(F)F)n1. The van der Waals surface area contributed by atoms with Crippen molar-refractivity contribution in [2.24, 2.45) is 5.73 Å². The summed E-state index contributed by atoms with van der Waals surface area (Å²) in [5.74, 6) is -3.90. The van der Waals surface area contributed by atoms with E-state index < -0.39 is 48.7 Å². The highest BCUT2D eigenvalue weighted by molar-refractivity contribution is 5.88. The highest BCUT2D eigenvalue weighted by Crippen LogP contribution is 2.26. The molecule has 110 valence electrons. The van der Waals surface area contributed by atoms with E-state index in [2.05, 4.69) is 9.97 Å². The van der Waals surface area contributed by atoms with Gasteiger partial charge in [0, 0.05) is 12.3 Å². The minimum atomic E-state index is -4.73. The van der Waals surface area contributed by atoms with E-state index in [1.54, 1.807) is 0 Å². The van der Waals surface area contributed by atoms with Crippen LogP contribution in [0.1, 0.15) is 12.2 Å². The van der Waals surface area contributed by atoms with Crippen molar-refractivity contribution in [3.8, 4) is 5.88 Å². The molecule has 0 aliphatic heterocycles. The predicted octanol–water partition coefficient (Wildman–Crippen LogP) is 0.245. The van der Waals surface area contributed by atoms with Crippen LogP contribution in [0.15, 0.2) is 12.3 Å². The number of rotatable bonds is 6. The van der Waals surface area contributed by atoms with Crippen LogP contribution in [0.3, 0.4) is 0 Å². The molecule has 0 amide bonds. The molecular weight excluding hydrogens is 283 g/mol. The number of ketones is 1. The highest BCUT2D eigenvalue weighted by atomic mass is 19.4. The van der Waals surface area contributed by atoms with Crippen molar-refractivity contribution in [2.45, 2.75) is 18.6 Å². The van der Waals surface area contributed by atoms with Gasteiger partial charge in [-0.3, -0.25) is 9.59 Å². The number of halogens is 3. The van der Waals surface area contributed by atoms with Gasteiger partial charge >= 0.3 is 12.1 Å². The quantitative estimate of drug-likeness (QED) is 0.772. The Balaban J connectivity index is 2.62. The molecule has 0 saturated carbocycles.